The average Bonchev–Trinajstić information content (AvgIpc) is 2.82. The zero-order valence-electron chi connectivity index (χ0n) is 9.38. The number of hydrogen-bond donors (Lipinski definition) is 0. The normalized spacial score (nSPS) is 13.5. The zero-order chi connectivity index (χ0) is 12.9. The largest absolute Gasteiger partial charge is 0.496 e. The molecule has 0 aliphatic carbocycles. The van der Waals surface area contributed by atoms with Gasteiger partial charge in [0.2, 0.25) is 0 Å². The van der Waals surface area contributed by atoms with Crippen LogP contribution in [-0.4, -0.2) is 13.7 Å². The summed E-state index contributed by atoms with van der Waals surface area (Å²) in [5.74, 6) is 1.40. The summed E-state index contributed by atoms with van der Waals surface area (Å²) in [6.45, 7) is 0.603. The lowest BCUT2D eigenvalue weighted by molar-refractivity contribution is 0.354. The Bertz CT molecular complexity index is 706. The zero-order valence-corrected chi connectivity index (χ0v) is 12.6. The first-order valence-electron chi connectivity index (χ1n) is 5.28. The Labute approximate surface area is 119 Å². The van der Waals surface area contributed by atoms with Gasteiger partial charge in [0.1, 0.15) is 20.4 Å². The average molecular weight is 376 g/mol. The van der Waals surface area contributed by atoms with E-state index < -0.39 is 5.63 Å². The Morgan fingerprint density at radius 1 is 1.39 bits per heavy atom. The van der Waals surface area contributed by atoms with Gasteiger partial charge in [-0.1, -0.05) is 0 Å². The van der Waals surface area contributed by atoms with Crippen LogP contribution in [0, 0.1) is 0 Å². The minimum absolute atomic E-state index is 0.374. The van der Waals surface area contributed by atoms with E-state index in [0.29, 0.717) is 32.6 Å². The summed E-state index contributed by atoms with van der Waals surface area (Å²) in [6, 6.07) is 1.71. The van der Waals surface area contributed by atoms with Gasteiger partial charge in [-0.3, -0.25) is 0 Å². The molecule has 0 bridgehead atoms. The molecule has 1 aliphatic rings. The SMILES string of the molecule is COc1c2c(c(Br)c3oc(=O)c(Br)cc13)OCC2. The van der Waals surface area contributed by atoms with Crippen LogP contribution in [0.3, 0.4) is 0 Å². The molecule has 0 fully saturated rings. The molecule has 3 rings (SSSR count). The number of benzene rings is 1. The summed E-state index contributed by atoms with van der Waals surface area (Å²) in [5, 5.41) is 0.750. The number of methoxy groups -OCH3 is 1. The van der Waals surface area contributed by atoms with Gasteiger partial charge in [-0.25, -0.2) is 4.79 Å². The molecule has 94 valence electrons. The van der Waals surface area contributed by atoms with Crippen molar-refractivity contribution in [3.8, 4) is 11.5 Å². The molecule has 18 heavy (non-hydrogen) atoms. The molecular weight excluding hydrogens is 368 g/mol. The monoisotopic (exact) mass is 374 g/mol. The summed E-state index contributed by atoms with van der Waals surface area (Å²) < 4.78 is 17.3. The Morgan fingerprint density at radius 2 is 2.17 bits per heavy atom. The Morgan fingerprint density at radius 3 is 2.89 bits per heavy atom. The van der Waals surface area contributed by atoms with Crippen molar-refractivity contribution in [2.45, 2.75) is 6.42 Å². The fourth-order valence-corrected chi connectivity index (χ4v) is 3.10. The number of ether oxygens (including phenoxy) is 2. The Balaban J connectivity index is 2.52. The summed E-state index contributed by atoms with van der Waals surface area (Å²) in [5.41, 5.74) is 1.02. The molecule has 1 aromatic carbocycles. The third-order valence-electron chi connectivity index (χ3n) is 2.90. The van der Waals surface area contributed by atoms with Crippen LogP contribution in [0.5, 0.6) is 11.5 Å². The fourth-order valence-electron chi connectivity index (χ4n) is 2.15. The molecule has 0 saturated carbocycles. The van der Waals surface area contributed by atoms with Crippen LogP contribution in [-0.2, 0) is 6.42 Å². The first kappa shape index (κ1) is 12.0. The summed E-state index contributed by atoms with van der Waals surface area (Å²) in [4.78, 5) is 11.6. The van der Waals surface area contributed by atoms with Crippen molar-refractivity contribution in [3.63, 3.8) is 0 Å². The topological polar surface area (TPSA) is 48.7 Å². The fraction of sp³-hybridized carbons (Fsp3) is 0.250. The van der Waals surface area contributed by atoms with E-state index in [1.54, 1.807) is 13.2 Å². The van der Waals surface area contributed by atoms with E-state index in [1.165, 1.54) is 0 Å². The van der Waals surface area contributed by atoms with Crippen LogP contribution >= 0.6 is 31.9 Å². The van der Waals surface area contributed by atoms with Gasteiger partial charge >= 0.3 is 5.63 Å². The van der Waals surface area contributed by atoms with E-state index in [-0.39, 0.29) is 0 Å². The molecule has 0 spiro atoms. The van der Waals surface area contributed by atoms with Crippen LogP contribution in [0.2, 0.25) is 0 Å². The lowest BCUT2D eigenvalue weighted by Crippen LogP contribution is -2.01. The van der Waals surface area contributed by atoms with Crippen molar-refractivity contribution in [3.05, 3.63) is 31.0 Å². The summed E-state index contributed by atoms with van der Waals surface area (Å²) >= 11 is 6.60. The van der Waals surface area contributed by atoms with E-state index in [2.05, 4.69) is 31.9 Å². The molecule has 0 amide bonds. The van der Waals surface area contributed by atoms with Crippen molar-refractivity contribution in [2.75, 3.05) is 13.7 Å². The molecule has 0 saturated heterocycles. The van der Waals surface area contributed by atoms with Crippen LogP contribution in [0.15, 0.2) is 24.2 Å². The minimum atomic E-state index is -0.428. The van der Waals surface area contributed by atoms with Gasteiger partial charge in [-0.2, -0.15) is 0 Å². The standard InChI is InChI=1S/C12H8Br2O4/c1-16-9-5-2-3-17-10(5)8(14)11-6(9)4-7(13)12(15)18-11/h4H,2-3H2,1H3. The van der Waals surface area contributed by atoms with E-state index in [0.717, 1.165) is 17.4 Å². The minimum Gasteiger partial charge on any atom is -0.496 e. The van der Waals surface area contributed by atoms with Crippen molar-refractivity contribution in [1.82, 2.24) is 0 Å². The molecule has 0 radical (unpaired) electrons. The second kappa shape index (κ2) is 4.28. The van der Waals surface area contributed by atoms with E-state index in [9.17, 15) is 4.79 Å². The van der Waals surface area contributed by atoms with Crippen LogP contribution in [0.25, 0.3) is 11.0 Å². The second-order valence-electron chi connectivity index (χ2n) is 3.88. The maximum Gasteiger partial charge on any atom is 0.350 e. The van der Waals surface area contributed by atoms with Gasteiger partial charge in [-0.05, 0) is 37.9 Å². The predicted molar refractivity (Wildman–Crippen MR) is 73.6 cm³/mol. The smallest absolute Gasteiger partial charge is 0.350 e. The van der Waals surface area contributed by atoms with Crippen molar-refractivity contribution >= 4 is 42.8 Å². The number of hydrogen-bond acceptors (Lipinski definition) is 4. The highest BCUT2D eigenvalue weighted by atomic mass is 79.9. The molecule has 6 heteroatoms. The number of fused-ring (bicyclic) bond motifs is 2. The third kappa shape index (κ3) is 1.59. The van der Waals surface area contributed by atoms with Crippen molar-refractivity contribution in [2.24, 2.45) is 0 Å². The lowest BCUT2D eigenvalue weighted by Gasteiger charge is -2.11. The van der Waals surface area contributed by atoms with Crippen LogP contribution in [0.1, 0.15) is 5.56 Å². The van der Waals surface area contributed by atoms with E-state index in [1.807, 2.05) is 0 Å². The molecule has 0 N–H and O–H groups in total. The molecule has 1 aliphatic heterocycles. The lowest BCUT2D eigenvalue weighted by atomic mass is 10.1. The molecule has 1 aromatic heterocycles. The number of halogens is 2. The molecular formula is C12H8Br2O4. The van der Waals surface area contributed by atoms with Crippen molar-refractivity contribution < 1.29 is 13.9 Å². The van der Waals surface area contributed by atoms with Gasteiger partial charge in [0, 0.05) is 12.0 Å². The first-order chi connectivity index (χ1) is 8.63. The van der Waals surface area contributed by atoms with Gasteiger partial charge < -0.3 is 13.9 Å². The van der Waals surface area contributed by atoms with Crippen LogP contribution in [0.4, 0.5) is 0 Å². The second-order valence-corrected chi connectivity index (χ2v) is 5.53. The Kier molecular flexibility index (Phi) is 2.86. The van der Waals surface area contributed by atoms with Crippen LogP contribution < -0.4 is 15.1 Å². The van der Waals surface area contributed by atoms with Gasteiger partial charge in [-0.15, -0.1) is 0 Å². The molecule has 2 aromatic rings. The molecule has 0 unspecified atom stereocenters. The van der Waals surface area contributed by atoms with Gasteiger partial charge in [0.05, 0.1) is 19.1 Å². The van der Waals surface area contributed by atoms with E-state index in [4.69, 9.17) is 13.9 Å². The first-order valence-corrected chi connectivity index (χ1v) is 6.86. The van der Waals surface area contributed by atoms with Crippen molar-refractivity contribution in [1.29, 1.82) is 0 Å². The molecule has 0 atom stereocenters. The van der Waals surface area contributed by atoms with Gasteiger partial charge in [0.25, 0.3) is 0 Å². The maximum absolute atomic E-state index is 11.6. The molecule has 4 nitrogen and oxygen atoms in total. The Hall–Kier alpha value is -1.01. The highest BCUT2D eigenvalue weighted by molar-refractivity contribution is 9.11. The quantitative estimate of drug-likeness (QED) is 0.718. The number of rotatable bonds is 1. The predicted octanol–water partition coefficient (Wildman–Crippen LogP) is 3.26. The molecule has 2 heterocycles. The highest BCUT2D eigenvalue weighted by Crippen LogP contribution is 2.46. The maximum atomic E-state index is 11.6. The summed E-state index contributed by atoms with van der Waals surface area (Å²) in [6.07, 6.45) is 0.782. The third-order valence-corrected chi connectivity index (χ3v) is 4.17. The van der Waals surface area contributed by atoms with E-state index >= 15 is 0 Å². The summed E-state index contributed by atoms with van der Waals surface area (Å²) in [7, 11) is 1.60. The van der Waals surface area contributed by atoms with Gasteiger partial charge in [0.15, 0.2) is 5.58 Å². The highest BCUT2D eigenvalue weighted by Gasteiger charge is 2.26.